The smallest absolute Gasteiger partial charge is 0.272 e. The summed E-state index contributed by atoms with van der Waals surface area (Å²) in [5.74, 6) is -0.0795. The topological polar surface area (TPSA) is 134 Å². The summed E-state index contributed by atoms with van der Waals surface area (Å²) >= 11 is 0. The van der Waals surface area contributed by atoms with Gasteiger partial charge in [-0.25, -0.2) is 9.97 Å². The summed E-state index contributed by atoms with van der Waals surface area (Å²) in [5.41, 5.74) is 3.79. The van der Waals surface area contributed by atoms with Crippen molar-refractivity contribution < 1.29 is 19.1 Å². The molecule has 0 fully saturated rings. The van der Waals surface area contributed by atoms with Crippen LogP contribution in [0.3, 0.4) is 0 Å². The first-order chi connectivity index (χ1) is 17.1. The molecule has 1 aromatic heterocycles. The molecule has 3 heterocycles. The van der Waals surface area contributed by atoms with E-state index >= 15 is 0 Å². The van der Waals surface area contributed by atoms with E-state index in [-0.39, 0.29) is 42.6 Å². The molecule has 35 heavy (non-hydrogen) atoms. The van der Waals surface area contributed by atoms with Crippen LogP contribution in [0.4, 0.5) is 11.4 Å². The lowest BCUT2D eigenvalue weighted by molar-refractivity contribution is -0.121. The van der Waals surface area contributed by atoms with E-state index in [0.29, 0.717) is 42.2 Å². The van der Waals surface area contributed by atoms with Gasteiger partial charge in [-0.1, -0.05) is 36.4 Å². The van der Waals surface area contributed by atoms with Crippen LogP contribution in [0, 0.1) is 0 Å². The standard InChI is InChI=1S/C25H24N6O4/c32-20(9-7-15-4-2-1-3-5-15)31-18-12-26-23-22(18)28-14-29-24(23)25(34)27-11-16-6-8-19-17(10-16)30-21(33)13-35-19/h1-6,8,10,14,18,26H,7,9,11-13H2,(H,27,34)(H,30,33)(H,31,32). The second kappa shape index (κ2) is 9.80. The van der Waals surface area contributed by atoms with Crippen LogP contribution in [0.2, 0.25) is 0 Å². The number of aryl methyl sites for hydroxylation is 1. The molecule has 2 aliphatic heterocycles. The number of anilines is 2. The lowest BCUT2D eigenvalue weighted by Crippen LogP contribution is -2.30. The minimum absolute atomic E-state index is 0.0105. The molecule has 10 heteroatoms. The van der Waals surface area contributed by atoms with Crippen molar-refractivity contribution in [1.29, 1.82) is 0 Å². The van der Waals surface area contributed by atoms with Crippen molar-refractivity contribution >= 4 is 29.1 Å². The first-order valence-electron chi connectivity index (χ1n) is 11.3. The van der Waals surface area contributed by atoms with Crippen LogP contribution in [-0.2, 0) is 22.6 Å². The van der Waals surface area contributed by atoms with Crippen LogP contribution in [0.5, 0.6) is 5.75 Å². The fourth-order valence-corrected chi connectivity index (χ4v) is 4.11. The summed E-state index contributed by atoms with van der Waals surface area (Å²) in [5, 5.41) is 11.7. The van der Waals surface area contributed by atoms with Gasteiger partial charge in [-0.05, 0) is 29.7 Å². The van der Waals surface area contributed by atoms with Gasteiger partial charge in [-0.3, -0.25) is 14.4 Å². The number of hydrogen-bond donors (Lipinski definition) is 4. The van der Waals surface area contributed by atoms with Crippen molar-refractivity contribution in [3.8, 4) is 5.75 Å². The quantitative estimate of drug-likeness (QED) is 0.413. The molecular weight excluding hydrogens is 448 g/mol. The van der Waals surface area contributed by atoms with Gasteiger partial charge < -0.3 is 26.0 Å². The highest BCUT2D eigenvalue weighted by Crippen LogP contribution is 2.30. The third-order valence-corrected chi connectivity index (χ3v) is 5.85. The molecule has 10 nitrogen and oxygen atoms in total. The predicted octanol–water partition coefficient (Wildman–Crippen LogP) is 1.95. The minimum Gasteiger partial charge on any atom is -0.482 e. The zero-order chi connectivity index (χ0) is 24.2. The molecule has 0 spiro atoms. The number of aromatic nitrogens is 2. The van der Waals surface area contributed by atoms with E-state index in [9.17, 15) is 14.4 Å². The highest BCUT2D eigenvalue weighted by molar-refractivity contribution is 5.99. The average molecular weight is 473 g/mol. The number of fused-ring (bicyclic) bond motifs is 2. The van der Waals surface area contributed by atoms with Gasteiger partial charge >= 0.3 is 0 Å². The number of carbonyl (C=O) groups is 3. The van der Waals surface area contributed by atoms with Crippen LogP contribution >= 0.6 is 0 Å². The molecule has 5 rings (SSSR count). The molecule has 3 aromatic rings. The summed E-state index contributed by atoms with van der Waals surface area (Å²) < 4.78 is 5.36. The average Bonchev–Trinajstić information content (AvgIpc) is 3.29. The number of nitrogens with zero attached hydrogens (tertiary/aromatic N) is 2. The molecule has 4 N–H and O–H groups in total. The SMILES string of the molecule is O=C1COc2ccc(CNC(=O)c3ncnc4c3NCC4NC(=O)CCc3ccccc3)cc2N1. The Kier molecular flexibility index (Phi) is 6.25. The van der Waals surface area contributed by atoms with E-state index in [4.69, 9.17) is 4.74 Å². The number of rotatable bonds is 7. The first kappa shape index (κ1) is 22.3. The van der Waals surface area contributed by atoms with Gasteiger partial charge in [0.15, 0.2) is 12.3 Å². The highest BCUT2D eigenvalue weighted by Gasteiger charge is 2.30. The predicted molar refractivity (Wildman–Crippen MR) is 128 cm³/mol. The van der Waals surface area contributed by atoms with Crippen molar-refractivity contribution in [2.45, 2.75) is 25.4 Å². The number of amides is 3. The number of carbonyl (C=O) groups excluding carboxylic acids is 3. The van der Waals surface area contributed by atoms with E-state index in [1.54, 1.807) is 12.1 Å². The molecule has 178 valence electrons. The van der Waals surface area contributed by atoms with Gasteiger partial charge in [0.25, 0.3) is 11.8 Å². The maximum absolute atomic E-state index is 12.9. The van der Waals surface area contributed by atoms with E-state index in [0.717, 1.165) is 11.1 Å². The molecular formula is C25H24N6O4. The van der Waals surface area contributed by atoms with Crippen molar-refractivity contribution in [1.82, 2.24) is 20.6 Å². The molecule has 2 aliphatic rings. The second-order valence-corrected chi connectivity index (χ2v) is 8.32. The summed E-state index contributed by atoms with van der Waals surface area (Å²) in [7, 11) is 0. The summed E-state index contributed by atoms with van der Waals surface area (Å²) in [6.07, 6.45) is 2.34. The van der Waals surface area contributed by atoms with E-state index < -0.39 is 0 Å². The normalized spacial score (nSPS) is 15.7. The number of nitrogens with one attached hydrogen (secondary N) is 4. The van der Waals surface area contributed by atoms with Crippen LogP contribution in [0.15, 0.2) is 54.9 Å². The molecule has 0 bridgehead atoms. The van der Waals surface area contributed by atoms with Gasteiger partial charge in [0.05, 0.1) is 23.1 Å². The Bertz CT molecular complexity index is 1280. The molecule has 1 atom stereocenters. The van der Waals surface area contributed by atoms with Gasteiger partial charge in [0.1, 0.15) is 12.1 Å². The van der Waals surface area contributed by atoms with Crippen molar-refractivity contribution in [2.75, 3.05) is 23.8 Å². The molecule has 0 radical (unpaired) electrons. The van der Waals surface area contributed by atoms with E-state index in [1.807, 2.05) is 36.4 Å². The van der Waals surface area contributed by atoms with E-state index in [2.05, 4.69) is 31.2 Å². The third-order valence-electron chi connectivity index (χ3n) is 5.85. The third kappa shape index (κ3) is 5.06. The molecule has 0 saturated heterocycles. The Morgan fingerprint density at radius 2 is 1.94 bits per heavy atom. The van der Waals surface area contributed by atoms with Crippen LogP contribution < -0.4 is 26.0 Å². The zero-order valence-corrected chi connectivity index (χ0v) is 18.8. The van der Waals surface area contributed by atoms with Crippen LogP contribution in [-0.4, -0.2) is 40.8 Å². The summed E-state index contributed by atoms with van der Waals surface area (Å²) in [4.78, 5) is 45.4. The van der Waals surface area contributed by atoms with E-state index in [1.165, 1.54) is 6.33 Å². The lowest BCUT2D eigenvalue weighted by Gasteiger charge is -2.18. The monoisotopic (exact) mass is 472 g/mol. The second-order valence-electron chi connectivity index (χ2n) is 8.32. The van der Waals surface area contributed by atoms with Crippen LogP contribution in [0.1, 0.15) is 39.8 Å². The van der Waals surface area contributed by atoms with Gasteiger partial charge in [0, 0.05) is 19.5 Å². The van der Waals surface area contributed by atoms with Gasteiger partial charge in [0.2, 0.25) is 5.91 Å². The Labute approximate surface area is 201 Å². The van der Waals surface area contributed by atoms with Crippen molar-refractivity contribution in [3.63, 3.8) is 0 Å². The number of ether oxygens (including phenoxy) is 1. The fraction of sp³-hybridized carbons (Fsp3) is 0.240. The lowest BCUT2D eigenvalue weighted by atomic mass is 10.1. The maximum atomic E-state index is 12.9. The Balaban J connectivity index is 1.20. The largest absolute Gasteiger partial charge is 0.482 e. The number of hydrogen-bond acceptors (Lipinski definition) is 7. The fourth-order valence-electron chi connectivity index (χ4n) is 4.11. The Morgan fingerprint density at radius 1 is 1.09 bits per heavy atom. The molecule has 3 amide bonds. The number of benzene rings is 2. The minimum atomic E-state index is -0.370. The summed E-state index contributed by atoms with van der Waals surface area (Å²) in [6, 6.07) is 14.8. The van der Waals surface area contributed by atoms with Gasteiger partial charge in [-0.15, -0.1) is 0 Å². The maximum Gasteiger partial charge on any atom is 0.272 e. The Hall–Kier alpha value is -4.47. The molecule has 1 unspecified atom stereocenters. The highest BCUT2D eigenvalue weighted by atomic mass is 16.5. The van der Waals surface area contributed by atoms with Gasteiger partial charge in [-0.2, -0.15) is 0 Å². The summed E-state index contributed by atoms with van der Waals surface area (Å²) in [6.45, 7) is 0.652. The zero-order valence-electron chi connectivity index (χ0n) is 18.8. The Morgan fingerprint density at radius 3 is 2.80 bits per heavy atom. The first-order valence-corrected chi connectivity index (χ1v) is 11.3. The molecule has 2 aromatic carbocycles. The molecule has 0 saturated carbocycles. The van der Waals surface area contributed by atoms with Crippen LogP contribution in [0.25, 0.3) is 0 Å². The van der Waals surface area contributed by atoms with Crippen molar-refractivity contribution in [3.05, 3.63) is 77.4 Å². The molecule has 0 aliphatic carbocycles. The van der Waals surface area contributed by atoms with Crippen molar-refractivity contribution in [2.24, 2.45) is 0 Å².